The van der Waals surface area contributed by atoms with Gasteiger partial charge in [-0.05, 0) is 24.7 Å². The van der Waals surface area contributed by atoms with Crippen molar-refractivity contribution in [3.63, 3.8) is 0 Å². The monoisotopic (exact) mass is 370 g/mol. The van der Waals surface area contributed by atoms with E-state index >= 15 is 0 Å². The molecule has 0 rings (SSSR count). The van der Waals surface area contributed by atoms with Gasteiger partial charge in [0.1, 0.15) is 0 Å². The number of hydrogen-bond acceptors (Lipinski definition) is 5. The van der Waals surface area contributed by atoms with Crippen LogP contribution in [0.5, 0.6) is 0 Å². The summed E-state index contributed by atoms with van der Waals surface area (Å²) in [5, 5.41) is 0. The van der Waals surface area contributed by atoms with Crippen LogP contribution in [0.4, 0.5) is 0 Å². The van der Waals surface area contributed by atoms with Crippen molar-refractivity contribution in [3.8, 4) is 0 Å². The molecule has 0 fully saturated rings. The van der Waals surface area contributed by atoms with Crippen LogP contribution in [0.25, 0.3) is 0 Å². The molecule has 0 aromatic carbocycles. The van der Waals surface area contributed by atoms with Crippen molar-refractivity contribution < 1.29 is 21.0 Å². The minimum atomic E-state index is -4.16. The molecule has 0 N–H and O–H groups in total. The van der Waals surface area contributed by atoms with Gasteiger partial charge in [0.2, 0.25) is 0 Å². The molecule has 0 saturated heterocycles. The average molecular weight is 371 g/mol. The zero-order chi connectivity index (χ0) is 17.7. The Kier molecular flexibility index (Phi) is 13.3. The molecular weight excluding hydrogens is 336 g/mol. The normalized spacial score (nSPS) is 16.2. The zero-order valence-electron chi connectivity index (χ0n) is 15.1. The van der Waals surface area contributed by atoms with Gasteiger partial charge in [-0.3, -0.25) is 8.37 Å². The number of rotatable bonds is 15. The first-order valence-electron chi connectivity index (χ1n) is 8.86. The second-order valence-corrected chi connectivity index (χ2v) is 9.75. The molecule has 0 saturated carbocycles. The number of hydrogen-bond donors (Lipinski definition) is 0. The summed E-state index contributed by atoms with van der Waals surface area (Å²) in [6.45, 7) is 8.50. The van der Waals surface area contributed by atoms with Gasteiger partial charge >= 0.3 is 19.3 Å². The molecule has 0 aliphatic carbocycles. The molecule has 0 radical (unpaired) electrons. The molecule has 0 amide bonds. The molecule has 7 heteroatoms. The molecule has 0 spiro atoms. The van der Waals surface area contributed by atoms with Crippen LogP contribution in [-0.4, -0.2) is 25.8 Å². The Morgan fingerprint density at radius 2 is 1.35 bits per heavy atom. The first kappa shape index (κ1) is 23.0. The van der Waals surface area contributed by atoms with Gasteiger partial charge in [0, 0.05) is 0 Å². The average Bonchev–Trinajstić information content (AvgIpc) is 2.54. The summed E-state index contributed by atoms with van der Waals surface area (Å²) >= 11 is 0. The molecule has 0 aliphatic rings. The Balaban J connectivity index is 4.32. The van der Waals surface area contributed by atoms with E-state index in [2.05, 4.69) is 13.8 Å². The molecule has 0 aromatic heterocycles. The third-order valence-corrected chi connectivity index (χ3v) is 6.77. The zero-order valence-corrected chi connectivity index (χ0v) is 16.7. The van der Waals surface area contributed by atoms with Crippen LogP contribution < -0.4 is 0 Å². The summed E-state index contributed by atoms with van der Waals surface area (Å²) in [6, 6.07) is 0. The molecule has 23 heavy (non-hydrogen) atoms. The smallest absolute Gasteiger partial charge is 0.276 e. The Morgan fingerprint density at radius 3 is 1.78 bits per heavy atom. The minimum absolute atomic E-state index is 0.0843. The van der Waals surface area contributed by atoms with Crippen molar-refractivity contribution in [2.45, 2.75) is 79.1 Å². The molecule has 0 aliphatic heterocycles. The van der Waals surface area contributed by atoms with Crippen molar-refractivity contribution >= 4 is 19.3 Å². The molecular formula is C16H34O5S2. The van der Waals surface area contributed by atoms with E-state index in [0.717, 1.165) is 51.4 Å². The predicted molar refractivity (Wildman–Crippen MR) is 95.6 cm³/mol. The van der Waals surface area contributed by atoms with E-state index in [1.807, 2.05) is 13.8 Å². The van der Waals surface area contributed by atoms with Gasteiger partial charge in [-0.15, -0.1) is 0 Å². The van der Waals surface area contributed by atoms with Crippen molar-refractivity contribution in [1.29, 1.82) is 0 Å². The highest BCUT2D eigenvalue weighted by Gasteiger charge is 2.25. The maximum Gasteiger partial charge on any atom is 0.376 e. The second kappa shape index (κ2) is 13.3. The van der Waals surface area contributed by atoms with Crippen molar-refractivity contribution in [3.05, 3.63) is 0 Å². The van der Waals surface area contributed by atoms with E-state index in [1.54, 1.807) is 0 Å². The van der Waals surface area contributed by atoms with Crippen LogP contribution in [-0.2, 0) is 27.6 Å². The van der Waals surface area contributed by atoms with Crippen molar-refractivity contribution in [2.75, 3.05) is 13.2 Å². The highest BCUT2D eigenvalue weighted by atomic mass is 33.2. The highest BCUT2D eigenvalue weighted by molar-refractivity contribution is 8.60. The minimum Gasteiger partial charge on any atom is -0.276 e. The number of unbranched alkanes of at least 4 members (excludes halogenated alkanes) is 2. The molecule has 0 bridgehead atoms. The quantitative estimate of drug-likeness (QED) is 0.401. The lowest BCUT2D eigenvalue weighted by atomic mass is 10.0. The summed E-state index contributed by atoms with van der Waals surface area (Å²) in [5.41, 5.74) is 0. The Labute approximate surface area is 144 Å². The predicted octanol–water partition coefficient (Wildman–Crippen LogP) is 4.36. The van der Waals surface area contributed by atoms with Crippen LogP contribution in [0.15, 0.2) is 0 Å². The van der Waals surface area contributed by atoms with Gasteiger partial charge in [0.05, 0.1) is 13.2 Å². The standard InChI is InChI=1S/C16H34O5S2/c1-5-9-11-15(7-3)13-20-22(17)23(18,19)21-14-16(8-4)12-10-6-2/h15-16H,5-14H2,1-4H3. The fourth-order valence-electron chi connectivity index (χ4n) is 2.23. The summed E-state index contributed by atoms with van der Waals surface area (Å²) < 4.78 is 45.6. The third kappa shape index (κ3) is 10.5. The Morgan fingerprint density at radius 1 is 0.870 bits per heavy atom. The van der Waals surface area contributed by atoms with Crippen molar-refractivity contribution in [2.24, 2.45) is 11.8 Å². The van der Waals surface area contributed by atoms with Gasteiger partial charge in [0.25, 0.3) is 0 Å². The largest absolute Gasteiger partial charge is 0.376 e. The summed E-state index contributed by atoms with van der Waals surface area (Å²) in [4.78, 5) is 0. The highest BCUT2D eigenvalue weighted by Crippen LogP contribution is 2.17. The third-order valence-electron chi connectivity index (χ3n) is 4.10. The lowest BCUT2D eigenvalue weighted by Gasteiger charge is -2.15. The van der Waals surface area contributed by atoms with Gasteiger partial charge < -0.3 is 0 Å². The van der Waals surface area contributed by atoms with Gasteiger partial charge in [0.15, 0.2) is 0 Å². The molecule has 5 nitrogen and oxygen atoms in total. The second-order valence-electron chi connectivity index (χ2n) is 6.01. The lowest BCUT2D eigenvalue weighted by Crippen LogP contribution is -2.21. The van der Waals surface area contributed by atoms with E-state index in [9.17, 15) is 12.6 Å². The van der Waals surface area contributed by atoms with E-state index in [0.29, 0.717) is 0 Å². The Hall–Kier alpha value is 0.0200. The fourth-order valence-corrected chi connectivity index (χ4v) is 4.01. The van der Waals surface area contributed by atoms with Crippen LogP contribution >= 0.6 is 0 Å². The van der Waals surface area contributed by atoms with E-state index in [-0.39, 0.29) is 25.0 Å². The first-order chi connectivity index (χ1) is 10.9. The van der Waals surface area contributed by atoms with Crippen LogP contribution in [0, 0.1) is 11.8 Å². The molecule has 0 aromatic rings. The van der Waals surface area contributed by atoms with Gasteiger partial charge in [-0.1, -0.05) is 66.2 Å². The topological polar surface area (TPSA) is 69.7 Å². The molecule has 140 valence electrons. The van der Waals surface area contributed by atoms with E-state index in [1.165, 1.54) is 0 Å². The molecule has 3 atom stereocenters. The molecule has 0 heterocycles. The van der Waals surface area contributed by atoms with Crippen LogP contribution in [0.2, 0.25) is 0 Å². The maximum absolute atomic E-state index is 11.9. The van der Waals surface area contributed by atoms with Crippen LogP contribution in [0.3, 0.4) is 0 Å². The summed E-state index contributed by atoms with van der Waals surface area (Å²) in [7, 11) is -6.60. The van der Waals surface area contributed by atoms with E-state index in [4.69, 9.17) is 8.37 Å². The maximum atomic E-state index is 11.9. The SMILES string of the molecule is CCCCC(CC)COS(=O)S(=O)(=O)OCC(CC)CCCC. The van der Waals surface area contributed by atoms with E-state index < -0.39 is 19.3 Å². The fraction of sp³-hybridized carbons (Fsp3) is 1.00. The van der Waals surface area contributed by atoms with Gasteiger partial charge in [-0.25, -0.2) is 4.21 Å². The van der Waals surface area contributed by atoms with Crippen LogP contribution in [0.1, 0.15) is 79.1 Å². The van der Waals surface area contributed by atoms with Gasteiger partial charge in [-0.2, -0.15) is 8.42 Å². The summed E-state index contributed by atoms with van der Waals surface area (Å²) in [5.74, 6) is 0.414. The summed E-state index contributed by atoms with van der Waals surface area (Å²) in [6.07, 6.45) is 7.85. The molecule has 3 unspecified atom stereocenters. The Bertz CT molecular complexity index is 409. The van der Waals surface area contributed by atoms with Crippen molar-refractivity contribution in [1.82, 2.24) is 0 Å². The lowest BCUT2D eigenvalue weighted by molar-refractivity contribution is 0.235. The first-order valence-corrected chi connectivity index (χ1v) is 11.9.